The van der Waals surface area contributed by atoms with Crippen molar-refractivity contribution in [1.29, 1.82) is 0 Å². The maximum absolute atomic E-state index is 11.8. The minimum Gasteiger partial charge on any atom is -0.445 e. The summed E-state index contributed by atoms with van der Waals surface area (Å²) in [5, 5.41) is 0. The van der Waals surface area contributed by atoms with Crippen molar-refractivity contribution >= 4 is 21.9 Å². The number of ether oxygens (including phenoxy) is 1. The van der Waals surface area contributed by atoms with Gasteiger partial charge < -0.3 is 4.74 Å². The maximum Gasteiger partial charge on any atom is 0.339 e. The molecule has 82 valence electrons. The Kier molecular flexibility index (Phi) is 3.31. The van der Waals surface area contributed by atoms with Crippen LogP contribution in [0.1, 0.15) is 23.2 Å². The van der Waals surface area contributed by atoms with Crippen LogP contribution in [0.25, 0.3) is 0 Å². The Bertz CT molecular complexity index is 443. The van der Waals surface area contributed by atoms with E-state index in [0.717, 1.165) is 17.3 Å². The molecule has 0 spiro atoms. The van der Waals surface area contributed by atoms with E-state index in [9.17, 15) is 4.79 Å². The first-order chi connectivity index (χ1) is 7.70. The third-order valence-electron chi connectivity index (χ3n) is 2.51. The van der Waals surface area contributed by atoms with E-state index in [2.05, 4.69) is 21.9 Å². The van der Waals surface area contributed by atoms with Crippen LogP contribution in [0.5, 0.6) is 0 Å². The molecule has 0 heterocycles. The highest BCUT2D eigenvalue weighted by molar-refractivity contribution is 9.10. The molecule has 2 nitrogen and oxygen atoms in total. The molecule has 1 aromatic carbocycles. The lowest BCUT2D eigenvalue weighted by Crippen LogP contribution is -2.18. The van der Waals surface area contributed by atoms with E-state index in [1.54, 1.807) is 18.2 Å². The lowest BCUT2D eigenvalue weighted by molar-refractivity contribution is 0.0374. The lowest BCUT2D eigenvalue weighted by Gasteiger charge is -2.11. The van der Waals surface area contributed by atoms with Crippen LogP contribution >= 0.6 is 15.9 Å². The van der Waals surface area contributed by atoms with Gasteiger partial charge in [-0.25, -0.2) is 4.79 Å². The Morgan fingerprint density at radius 2 is 2.31 bits per heavy atom. The number of benzene rings is 1. The summed E-state index contributed by atoms with van der Waals surface area (Å²) in [4.78, 5) is 11.8. The summed E-state index contributed by atoms with van der Waals surface area (Å²) in [5.74, 6) is 2.54. The van der Waals surface area contributed by atoms with Crippen molar-refractivity contribution in [2.24, 2.45) is 5.92 Å². The van der Waals surface area contributed by atoms with Crippen LogP contribution in [-0.2, 0) is 4.74 Å². The molecule has 0 aromatic heterocycles. The summed E-state index contributed by atoms with van der Waals surface area (Å²) in [5.41, 5.74) is 0.523. The minimum atomic E-state index is -0.369. The molecule has 2 rings (SSSR count). The van der Waals surface area contributed by atoms with Gasteiger partial charge >= 0.3 is 5.97 Å². The fraction of sp³-hybridized carbons (Fsp3) is 0.308. The van der Waals surface area contributed by atoms with Gasteiger partial charge in [0.15, 0.2) is 6.10 Å². The smallest absolute Gasteiger partial charge is 0.339 e. The first kappa shape index (κ1) is 11.2. The van der Waals surface area contributed by atoms with Crippen LogP contribution in [0, 0.1) is 18.3 Å². The van der Waals surface area contributed by atoms with Crippen LogP contribution in [0.4, 0.5) is 0 Å². The summed E-state index contributed by atoms with van der Waals surface area (Å²) in [6, 6.07) is 7.09. The predicted molar refractivity (Wildman–Crippen MR) is 64.9 cm³/mol. The van der Waals surface area contributed by atoms with E-state index in [4.69, 9.17) is 11.2 Å². The molecule has 1 aromatic rings. The number of terminal acetylenes is 1. The third kappa shape index (κ3) is 2.65. The van der Waals surface area contributed by atoms with Gasteiger partial charge in [-0.05, 0) is 31.0 Å². The Labute approximate surface area is 103 Å². The molecule has 1 saturated carbocycles. The number of hydrogen-bond acceptors (Lipinski definition) is 2. The molecule has 0 N–H and O–H groups in total. The monoisotopic (exact) mass is 278 g/mol. The largest absolute Gasteiger partial charge is 0.445 e. The molecule has 0 amide bonds. The van der Waals surface area contributed by atoms with Gasteiger partial charge in [0.05, 0.1) is 5.56 Å². The van der Waals surface area contributed by atoms with Gasteiger partial charge in [-0.1, -0.05) is 27.9 Å². The maximum atomic E-state index is 11.8. The normalized spacial score (nSPS) is 16.2. The van der Waals surface area contributed by atoms with Gasteiger partial charge in [-0.3, -0.25) is 0 Å². The molecule has 0 saturated heterocycles. The summed E-state index contributed by atoms with van der Waals surface area (Å²) >= 11 is 3.31. The lowest BCUT2D eigenvalue weighted by atomic mass is 10.2. The Balaban J connectivity index is 2.05. The Hall–Kier alpha value is -1.27. The van der Waals surface area contributed by atoms with Gasteiger partial charge in [-0.15, -0.1) is 6.42 Å². The second-order valence-corrected chi connectivity index (χ2v) is 4.76. The number of halogens is 1. The summed E-state index contributed by atoms with van der Waals surface area (Å²) in [6.07, 6.45) is 7.08. The van der Waals surface area contributed by atoms with Gasteiger partial charge in [-0.2, -0.15) is 0 Å². The van der Waals surface area contributed by atoms with E-state index >= 15 is 0 Å². The molecule has 0 radical (unpaired) electrons. The van der Waals surface area contributed by atoms with Crippen LogP contribution < -0.4 is 0 Å². The van der Waals surface area contributed by atoms with Gasteiger partial charge in [0, 0.05) is 10.4 Å². The quantitative estimate of drug-likeness (QED) is 0.628. The second-order valence-electron chi connectivity index (χ2n) is 3.84. The van der Waals surface area contributed by atoms with Crippen molar-refractivity contribution in [3.8, 4) is 12.3 Å². The van der Waals surface area contributed by atoms with Gasteiger partial charge in [0.25, 0.3) is 0 Å². The zero-order valence-electron chi connectivity index (χ0n) is 8.65. The van der Waals surface area contributed by atoms with Gasteiger partial charge in [0.2, 0.25) is 0 Å². The van der Waals surface area contributed by atoms with E-state index in [1.165, 1.54) is 0 Å². The zero-order valence-corrected chi connectivity index (χ0v) is 10.2. The summed E-state index contributed by atoms with van der Waals surface area (Å²) < 4.78 is 6.12. The predicted octanol–water partition coefficient (Wildman–Crippen LogP) is 3.02. The molecule has 0 unspecified atom stereocenters. The summed E-state index contributed by atoms with van der Waals surface area (Å²) in [6.45, 7) is 0. The molecule has 16 heavy (non-hydrogen) atoms. The fourth-order valence-electron chi connectivity index (χ4n) is 1.46. The Morgan fingerprint density at radius 1 is 1.56 bits per heavy atom. The van der Waals surface area contributed by atoms with Crippen molar-refractivity contribution in [1.82, 2.24) is 0 Å². The Morgan fingerprint density at radius 3 is 2.88 bits per heavy atom. The average Bonchev–Trinajstić information content (AvgIpc) is 3.09. The molecule has 1 aliphatic rings. The molecular weight excluding hydrogens is 268 g/mol. The standard InChI is InChI=1S/C13H11BrO2/c1-2-12(9-6-7-9)16-13(15)10-4-3-5-11(14)8-10/h1,3-5,8-9,12H,6-7H2/t12-/m0/s1. The number of carbonyl (C=O) groups is 1. The molecule has 0 aliphatic heterocycles. The van der Waals surface area contributed by atoms with E-state index < -0.39 is 0 Å². The first-order valence-electron chi connectivity index (χ1n) is 5.13. The highest BCUT2D eigenvalue weighted by Crippen LogP contribution is 2.34. The number of esters is 1. The average molecular weight is 279 g/mol. The van der Waals surface area contributed by atoms with Crippen LogP contribution in [0.2, 0.25) is 0 Å². The highest BCUT2D eigenvalue weighted by atomic mass is 79.9. The van der Waals surface area contributed by atoms with Crippen molar-refractivity contribution in [3.05, 3.63) is 34.3 Å². The van der Waals surface area contributed by atoms with E-state index in [1.807, 2.05) is 6.07 Å². The molecule has 1 atom stereocenters. The van der Waals surface area contributed by atoms with Crippen molar-refractivity contribution in [2.75, 3.05) is 0 Å². The molecule has 3 heteroatoms. The topological polar surface area (TPSA) is 26.3 Å². The highest BCUT2D eigenvalue weighted by Gasteiger charge is 2.32. The molecular formula is C13H11BrO2. The number of rotatable bonds is 3. The van der Waals surface area contributed by atoms with E-state index in [-0.39, 0.29) is 12.1 Å². The molecule has 1 aliphatic carbocycles. The van der Waals surface area contributed by atoms with E-state index in [0.29, 0.717) is 11.5 Å². The van der Waals surface area contributed by atoms with Crippen molar-refractivity contribution < 1.29 is 9.53 Å². The molecule has 0 bridgehead atoms. The summed E-state index contributed by atoms with van der Waals surface area (Å²) in [7, 11) is 0. The number of hydrogen-bond donors (Lipinski definition) is 0. The second kappa shape index (κ2) is 4.71. The SMILES string of the molecule is C#C[C@H](OC(=O)c1cccc(Br)c1)C1CC1. The van der Waals surface area contributed by atoms with Gasteiger partial charge in [0.1, 0.15) is 0 Å². The zero-order chi connectivity index (χ0) is 11.5. The third-order valence-corrected chi connectivity index (χ3v) is 3.00. The number of carbonyl (C=O) groups excluding carboxylic acids is 1. The van der Waals surface area contributed by atoms with Crippen molar-refractivity contribution in [3.63, 3.8) is 0 Å². The molecule has 1 fully saturated rings. The van der Waals surface area contributed by atoms with Crippen LogP contribution in [-0.4, -0.2) is 12.1 Å². The minimum absolute atomic E-state index is 0.351. The first-order valence-corrected chi connectivity index (χ1v) is 5.92. The van der Waals surface area contributed by atoms with Crippen LogP contribution in [0.3, 0.4) is 0 Å². The van der Waals surface area contributed by atoms with Crippen molar-refractivity contribution in [2.45, 2.75) is 18.9 Å². The fourth-order valence-corrected chi connectivity index (χ4v) is 1.86. The van der Waals surface area contributed by atoms with Crippen LogP contribution in [0.15, 0.2) is 28.7 Å².